The molecule has 0 bridgehead atoms. The van der Waals surface area contributed by atoms with Gasteiger partial charge in [0, 0.05) is 12.0 Å². The number of quaternary nitrogens is 1. The lowest BCUT2D eigenvalue weighted by Crippen LogP contribution is -3.11. The first kappa shape index (κ1) is 10.6. The third-order valence-corrected chi connectivity index (χ3v) is 2.81. The lowest BCUT2D eigenvalue weighted by Gasteiger charge is -2.24. The highest BCUT2D eigenvalue weighted by Crippen LogP contribution is 2.09. The van der Waals surface area contributed by atoms with Gasteiger partial charge < -0.3 is 17.3 Å². The quantitative estimate of drug-likeness (QED) is 0.515. The number of halogens is 1. The van der Waals surface area contributed by atoms with Crippen LogP contribution in [0.15, 0.2) is 24.3 Å². The molecule has 0 saturated carbocycles. The standard InChI is InChI=1S/C11H15N.ClH/c1-2-12-8-7-10-5-3-4-6-11(10)9-12;/h3-6H,2,7-9H2,1H3;1H. The number of hydrogen-bond acceptors (Lipinski definition) is 0. The van der Waals surface area contributed by atoms with Gasteiger partial charge in [-0.05, 0) is 12.5 Å². The molecule has 2 rings (SSSR count). The van der Waals surface area contributed by atoms with Gasteiger partial charge in [0.15, 0.2) is 0 Å². The van der Waals surface area contributed by atoms with Crippen LogP contribution in [0.2, 0.25) is 0 Å². The number of fused-ring (bicyclic) bond motifs is 1. The smallest absolute Gasteiger partial charge is 0.103 e. The van der Waals surface area contributed by atoms with Crippen LogP contribution < -0.4 is 17.3 Å². The van der Waals surface area contributed by atoms with Gasteiger partial charge in [0.25, 0.3) is 0 Å². The van der Waals surface area contributed by atoms with Gasteiger partial charge in [0.05, 0.1) is 13.1 Å². The Morgan fingerprint density at radius 3 is 2.62 bits per heavy atom. The second kappa shape index (κ2) is 4.64. The normalized spacial score (nSPS) is 20.2. The zero-order chi connectivity index (χ0) is 8.39. The maximum absolute atomic E-state index is 2.27. The van der Waals surface area contributed by atoms with Gasteiger partial charge in [-0.3, -0.25) is 0 Å². The van der Waals surface area contributed by atoms with Crippen LogP contribution in [0.5, 0.6) is 0 Å². The van der Waals surface area contributed by atoms with E-state index in [0.29, 0.717) is 0 Å². The molecule has 1 N–H and O–H groups in total. The Labute approximate surface area is 86.2 Å². The highest BCUT2D eigenvalue weighted by Gasteiger charge is 2.16. The van der Waals surface area contributed by atoms with Crippen LogP contribution in [0, 0.1) is 0 Å². The van der Waals surface area contributed by atoms with E-state index < -0.39 is 0 Å². The largest absolute Gasteiger partial charge is 1.00 e. The summed E-state index contributed by atoms with van der Waals surface area (Å²) in [7, 11) is 0. The molecule has 0 fully saturated rings. The van der Waals surface area contributed by atoms with E-state index in [2.05, 4.69) is 31.2 Å². The number of hydrogen-bond donors (Lipinski definition) is 1. The van der Waals surface area contributed by atoms with Crippen LogP contribution in [0.25, 0.3) is 0 Å². The molecule has 13 heavy (non-hydrogen) atoms. The fraction of sp³-hybridized carbons (Fsp3) is 0.455. The molecule has 0 amide bonds. The van der Waals surface area contributed by atoms with E-state index in [1.807, 2.05) is 0 Å². The minimum Gasteiger partial charge on any atom is -1.00 e. The van der Waals surface area contributed by atoms with Gasteiger partial charge in [-0.2, -0.15) is 0 Å². The molecule has 2 heteroatoms. The van der Waals surface area contributed by atoms with Crippen molar-refractivity contribution in [1.29, 1.82) is 0 Å². The van der Waals surface area contributed by atoms with Crippen molar-refractivity contribution in [3.63, 3.8) is 0 Å². The lowest BCUT2D eigenvalue weighted by molar-refractivity contribution is -0.914. The molecule has 1 nitrogen and oxygen atoms in total. The minimum atomic E-state index is 0. The van der Waals surface area contributed by atoms with Crippen molar-refractivity contribution < 1.29 is 17.3 Å². The molecule has 72 valence electrons. The van der Waals surface area contributed by atoms with Gasteiger partial charge in [-0.1, -0.05) is 24.3 Å². The second-order valence-electron chi connectivity index (χ2n) is 3.55. The van der Waals surface area contributed by atoms with Crippen LogP contribution >= 0.6 is 0 Å². The molecule has 0 aromatic heterocycles. The highest BCUT2D eigenvalue weighted by atomic mass is 35.5. The summed E-state index contributed by atoms with van der Waals surface area (Å²) in [5.74, 6) is 0. The summed E-state index contributed by atoms with van der Waals surface area (Å²) in [6.07, 6.45) is 1.26. The SMILES string of the molecule is CC[NH+]1CCc2ccccc2C1.[Cl-]. The number of rotatable bonds is 1. The maximum Gasteiger partial charge on any atom is 0.103 e. The topological polar surface area (TPSA) is 4.44 Å². The second-order valence-corrected chi connectivity index (χ2v) is 3.55. The molecule has 1 aromatic carbocycles. The van der Waals surface area contributed by atoms with E-state index in [4.69, 9.17) is 0 Å². The third-order valence-electron chi connectivity index (χ3n) is 2.81. The van der Waals surface area contributed by atoms with Crippen molar-refractivity contribution in [2.75, 3.05) is 13.1 Å². The first-order valence-electron chi connectivity index (χ1n) is 4.80. The summed E-state index contributed by atoms with van der Waals surface area (Å²) in [6.45, 7) is 6.07. The Morgan fingerprint density at radius 1 is 1.23 bits per heavy atom. The molecule has 1 aliphatic heterocycles. The Bertz CT molecular complexity index is 273. The summed E-state index contributed by atoms with van der Waals surface area (Å²) in [4.78, 5) is 1.72. The monoisotopic (exact) mass is 197 g/mol. The van der Waals surface area contributed by atoms with Crippen LogP contribution in [0.1, 0.15) is 18.1 Å². The molecule has 1 aliphatic rings. The van der Waals surface area contributed by atoms with Crippen molar-refractivity contribution in [1.82, 2.24) is 0 Å². The zero-order valence-corrected chi connectivity index (χ0v) is 8.77. The Morgan fingerprint density at radius 2 is 1.92 bits per heavy atom. The van der Waals surface area contributed by atoms with Crippen molar-refractivity contribution in [2.24, 2.45) is 0 Å². The predicted octanol–water partition coefficient (Wildman–Crippen LogP) is -2.35. The van der Waals surface area contributed by atoms with E-state index in [1.54, 1.807) is 16.0 Å². The van der Waals surface area contributed by atoms with Crippen molar-refractivity contribution in [3.8, 4) is 0 Å². The zero-order valence-electron chi connectivity index (χ0n) is 8.02. The van der Waals surface area contributed by atoms with Crippen molar-refractivity contribution in [3.05, 3.63) is 35.4 Å². The summed E-state index contributed by atoms with van der Waals surface area (Å²) in [5.41, 5.74) is 3.12. The van der Waals surface area contributed by atoms with Crippen molar-refractivity contribution >= 4 is 0 Å². The molecule has 0 saturated heterocycles. The average molecular weight is 198 g/mol. The molecule has 0 aliphatic carbocycles. The van der Waals surface area contributed by atoms with Gasteiger partial charge in [0.1, 0.15) is 6.54 Å². The van der Waals surface area contributed by atoms with Gasteiger partial charge in [-0.25, -0.2) is 0 Å². The molecular formula is C11H16ClN. The summed E-state index contributed by atoms with van der Waals surface area (Å²) >= 11 is 0. The van der Waals surface area contributed by atoms with Crippen molar-refractivity contribution in [2.45, 2.75) is 19.9 Å². The predicted molar refractivity (Wildman–Crippen MR) is 50.2 cm³/mol. The molecule has 1 heterocycles. The Kier molecular flexibility index (Phi) is 3.76. The van der Waals surface area contributed by atoms with E-state index in [9.17, 15) is 0 Å². The van der Waals surface area contributed by atoms with E-state index >= 15 is 0 Å². The van der Waals surface area contributed by atoms with Crippen LogP contribution in [0.4, 0.5) is 0 Å². The lowest BCUT2D eigenvalue weighted by atomic mass is 10.0. The van der Waals surface area contributed by atoms with Gasteiger partial charge in [-0.15, -0.1) is 0 Å². The number of likely N-dealkylation sites (N-methyl/N-ethyl adjacent to an activating group) is 1. The summed E-state index contributed by atoms with van der Waals surface area (Å²) < 4.78 is 0. The van der Waals surface area contributed by atoms with E-state index in [-0.39, 0.29) is 12.4 Å². The first-order valence-corrected chi connectivity index (χ1v) is 4.80. The molecular weight excluding hydrogens is 182 g/mol. The molecule has 0 radical (unpaired) electrons. The van der Waals surface area contributed by atoms with Crippen LogP contribution in [-0.4, -0.2) is 13.1 Å². The highest BCUT2D eigenvalue weighted by molar-refractivity contribution is 5.27. The fourth-order valence-electron chi connectivity index (χ4n) is 1.94. The Hall–Kier alpha value is -0.530. The Balaban J connectivity index is 0.000000845. The van der Waals surface area contributed by atoms with Crippen LogP contribution in [-0.2, 0) is 13.0 Å². The maximum atomic E-state index is 2.27. The number of benzene rings is 1. The first-order chi connectivity index (χ1) is 5.90. The van der Waals surface area contributed by atoms with E-state index in [1.165, 1.54) is 26.1 Å². The molecule has 0 spiro atoms. The fourth-order valence-corrected chi connectivity index (χ4v) is 1.94. The molecule has 1 atom stereocenters. The summed E-state index contributed by atoms with van der Waals surface area (Å²) in [6, 6.07) is 8.83. The van der Waals surface area contributed by atoms with E-state index in [0.717, 1.165) is 0 Å². The van der Waals surface area contributed by atoms with Gasteiger partial charge >= 0.3 is 0 Å². The molecule has 1 aromatic rings. The summed E-state index contributed by atoms with van der Waals surface area (Å²) in [5, 5.41) is 0. The van der Waals surface area contributed by atoms with Crippen LogP contribution in [0.3, 0.4) is 0 Å². The third kappa shape index (κ3) is 2.23. The molecule has 1 unspecified atom stereocenters. The van der Waals surface area contributed by atoms with Gasteiger partial charge in [0.2, 0.25) is 0 Å². The average Bonchev–Trinajstić information content (AvgIpc) is 2.17. The minimum absolute atomic E-state index is 0. The number of nitrogens with one attached hydrogen (secondary N) is 1.